The molecule has 1 unspecified atom stereocenters. The Hall–Kier alpha value is -3.89. The number of ether oxygens (including phenoxy) is 2. The minimum atomic E-state index is -0.284. The molecule has 1 atom stereocenters. The fourth-order valence-corrected chi connectivity index (χ4v) is 3.81. The van der Waals surface area contributed by atoms with Crippen molar-refractivity contribution in [2.45, 2.75) is 32.7 Å². The first kappa shape index (κ1) is 24.2. The number of carbonyl (C=O) groups excluding carboxylic acids is 1. The van der Waals surface area contributed by atoms with Crippen LogP contribution in [0.1, 0.15) is 34.0 Å². The third-order valence-electron chi connectivity index (χ3n) is 6.02. The lowest BCUT2D eigenvalue weighted by molar-refractivity contribution is 0.0861. The summed E-state index contributed by atoms with van der Waals surface area (Å²) in [5.74, 6) is 1.22. The summed E-state index contributed by atoms with van der Waals surface area (Å²) in [5, 5.41) is 0. The molecule has 178 valence electrons. The SMILES string of the molecule is CC(C(=O)c1ccc(OCc2ccccc2)c(OCc2ccccc2)c1)N(C)Cc1ccccc1. The quantitative estimate of drug-likeness (QED) is 0.236. The highest BCUT2D eigenvalue weighted by molar-refractivity contribution is 6.00. The third-order valence-corrected chi connectivity index (χ3v) is 6.02. The van der Waals surface area contributed by atoms with Gasteiger partial charge in [-0.2, -0.15) is 0 Å². The first-order chi connectivity index (χ1) is 17.1. The van der Waals surface area contributed by atoms with Crippen LogP contribution in [-0.4, -0.2) is 23.8 Å². The van der Waals surface area contributed by atoms with Crippen LogP contribution in [0.5, 0.6) is 11.5 Å². The number of hydrogen-bond donors (Lipinski definition) is 0. The van der Waals surface area contributed by atoms with Crippen molar-refractivity contribution >= 4 is 5.78 Å². The van der Waals surface area contributed by atoms with Gasteiger partial charge in [0.1, 0.15) is 13.2 Å². The van der Waals surface area contributed by atoms with Crippen molar-refractivity contribution in [2.24, 2.45) is 0 Å². The van der Waals surface area contributed by atoms with Gasteiger partial charge >= 0.3 is 0 Å². The zero-order valence-corrected chi connectivity index (χ0v) is 20.3. The number of likely N-dealkylation sites (N-methyl/N-ethyl adjacent to an activating group) is 1. The highest BCUT2D eigenvalue weighted by atomic mass is 16.5. The summed E-state index contributed by atoms with van der Waals surface area (Å²) in [6.07, 6.45) is 0. The van der Waals surface area contributed by atoms with Crippen molar-refractivity contribution in [3.8, 4) is 11.5 Å². The monoisotopic (exact) mass is 465 g/mol. The van der Waals surface area contributed by atoms with Crippen LogP contribution in [0.2, 0.25) is 0 Å². The molecule has 4 aromatic rings. The van der Waals surface area contributed by atoms with E-state index in [0.29, 0.717) is 36.8 Å². The maximum absolute atomic E-state index is 13.4. The van der Waals surface area contributed by atoms with Crippen LogP contribution in [0, 0.1) is 0 Å². The van der Waals surface area contributed by atoms with Crippen molar-refractivity contribution in [3.63, 3.8) is 0 Å². The fraction of sp³-hybridized carbons (Fsp3) is 0.194. The second kappa shape index (κ2) is 12.0. The molecule has 0 amide bonds. The fourth-order valence-electron chi connectivity index (χ4n) is 3.81. The summed E-state index contributed by atoms with van der Waals surface area (Å²) in [7, 11) is 1.97. The predicted octanol–water partition coefficient (Wildman–Crippen LogP) is 6.55. The van der Waals surface area contributed by atoms with Crippen LogP contribution >= 0.6 is 0 Å². The normalized spacial score (nSPS) is 11.7. The van der Waals surface area contributed by atoms with Gasteiger partial charge in [0.05, 0.1) is 6.04 Å². The van der Waals surface area contributed by atoms with Crippen molar-refractivity contribution in [2.75, 3.05) is 7.05 Å². The highest BCUT2D eigenvalue weighted by Gasteiger charge is 2.21. The summed E-state index contributed by atoms with van der Waals surface area (Å²) in [6.45, 7) is 3.45. The van der Waals surface area contributed by atoms with E-state index >= 15 is 0 Å². The zero-order chi connectivity index (χ0) is 24.5. The Kier molecular flexibility index (Phi) is 8.31. The average molecular weight is 466 g/mol. The van der Waals surface area contributed by atoms with Crippen LogP contribution in [0.25, 0.3) is 0 Å². The third kappa shape index (κ3) is 6.81. The maximum Gasteiger partial charge on any atom is 0.179 e. The number of rotatable bonds is 11. The molecule has 0 bridgehead atoms. The molecule has 0 aromatic heterocycles. The van der Waals surface area contributed by atoms with E-state index in [-0.39, 0.29) is 11.8 Å². The van der Waals surface area contributed by atoms with Gasteiger partial charge in [0, 0.05) is 12.1 Å². The molecule has 0 saturated heterocycles. The molecule has 0 radical (unpaired) electrons. The summed E-state index contributed by atoms with van der Waals surface area (Å²) in [4.78, 5) is 15.4. The number of carbonyl (C=O) groups is 1. The Balaban J connectivity index is 1.51. The van der Waals surface area contributed by atoms with Gasteiger partial charge in [-0.1, -0.05) is 91.0 Å². The number of nitrogens with zero attached hydrogens (tertiary/aromatic N) is 1. The van der Waals surface area contributed by atoms with Gasteiger partial charge in [0.15, 0.2) is 17.3 Å². The Morgan fingerprint density at radius 2 is 1.17 bits per heavy atom. The number of ketones is 1. The Morgan fingerprint density at radius 3 is 1.71 bits per heavy atom. The first-order valence-corrected chi connectivity index (χ1v) is 11.9. The molecule has 0 aliphatic rings. The largest absolute Gasteiger partial charge is 0.485 e. The Morgan fingerprint density at radius 1 is 0.686 bits per heavy atom. The van der Waals surface area contributed by atoms with Gasteiger partial charge in [-0.25, -0.2) is 0 Å². The number of benzene rings is 4. The van der Waals surface area contributed by atoms with E-state index in [0.717, 1.165) is 11.1 Å². The van der Waals surface area contributed by atoms with E-state index in [1.54, 1.807) is 6.07 Å². The van der Waals surface area contributed by atoms with Crippen LogP contribution in [0.3, 0.4) is 0 Å². The standard InChI is InChI=1S/C31H31NO3/c1-24(32(2)21-25-12-6-3-7-13-25)31(33)28-18-19-29(34-22-26-14-8-4-9-15-26)30(20-28)35-23-27-16-10-5-11-17-27/h3-20,24H,21-23H2,1-2H3. The molecule has 4 heteroatoms. The minimum absolute atomic E-state index is 0.0441. The Bertz CT molecular complexity index is 1210. The summed E-state index contributed by atoms with van der Waals surface area (Å²) in [5.41, 5.74) is 3.89. The van der Waals surface area contributed by atoms with Crippen molar-refractivity contribution in [1.29, 1.82) is 0 Å². The molecular weight excluding hydrogens is 434 g/mol. The van der Waals surface area contributed by atoms with Crippen LogP contribution < -0.4 is 9.47 Å². The van der Waals surface area contributed by atoms with Gasteiger partial charge in [0.25, 0.3) is 0 Å². The lowest BCUT2D eigenvalue weighted by Gasteiger charge is -2.24. The topological polar surface area (TPSA) is 38.8 Å². The predicted molar refractivity (Wildman–Crippen MR) is 140 cm³/mol. The molecule has 4 rings (SSSR count). The highest BCUT2D eigenvalue weighted by Crippen LogP contribution is 2.31. The molecule has 0 aliphatic heterocycles. The first-order valence-electron chi connectivity index (χ1n) is 11.9. The Labute approximate surface area is 207 Å². The average Bonchev–Trinajstić information content (AvgIpc) is 2.91. The van der Waals surface area contributed by atoms with E-state index in [1.165, 1.54) is 5.56 Å². The van der Waals surface area contributed by atoms with E-state index in [9.17, 15) is 4.79 Å². The van der Waals surface area contributed by atoms with Crippen molar-refractivity contribution < 1.29 is 14.3 Å². The second-order valence-electron chi connectivity index (χ2n) is 8.65. The van der Waals surface area contributed by atoms with Crippen LogP contribution in [0.4, 0.5) is 0 Å². The summed E-state index contributed by atoms with van der Waals surface area (Å²) >= 11 is 0. The van der Waals surface area contributed by atoms with Crippen LogP contribution in [-0.2, 0) is 19.8 Å². The van der Waals surface area contributed by atoms with Gasteiger partial charge in [-0.05, 0) is 48.9 Å². The van der Waals surface area contributed by atoms with E-state index in [1.807, 2.05) is 105 Å². The molecule has 0 heterocycles. The summed E-state index contributed by atoms with van der Waals surface area (Å²) < 4.78 is 12.2. The van der Waals surface area contributed by atoms with E-state index < -0.39 is 0 Å². The lowest BCUT2D eigenvalue weighted by Crippen LogP contribution is -2.35. The molecule has 0 saturated carbocycles. The second-order valence-corrected chi connectivity index (χ2v) is 8.65. The maximum atomic E-state index is 13.4. The lowest BCUT2D eigenvalue weighted by atomic mass is 10.0. The number of hydrogen-bond acceptors (Lipinski definition) is 4. The number of Topliss-reactive ketones (excluding diaryl/α,β-unsaturated/α-hetero) is 1. The summed E-state index contributed by atoms with van der Waals surface area (Å²) in [6, 6.07) is 35.3. The molecule has 35 heavy (non-hydrogen) atoms. The van der Waals surface area contributed by atoms with Gasteiger partial charge in [0.2, 0.25) is 0 Å². The minimum Gasteiger partial charge on any atom is -0.485 e. The van der Waals surface area contributed by atoms with Crippen molar-refractivity contribution in [1.82, 2.24) is 4.90 Å². The molecule has 4 aromatic carbocycles. The molecule has 4 nitrogen and oxygen atoms in total. The molecular formula is C31H31NO3. The zero-order valence-electron chi connectivity index (χ0n) is 20.3. The van der Waals surface area contributed by atoms with E-state index in [2.05, 4.69) is 17.0 Å². The van der Waals surface area contributed by atoms with Gasteiger partial charge < -0.3 is 9.47 Å². The van der Waals surface area contributed by atoms with Crippen molar-refractivity contribution in [3.05, 3.63) is 131 Å². The molecule has 0 aliphatic carbocycles. The molecule has 0 N–H and O–H groups in total. The van der Waals surface area contributed by atoms with E-state index in [4.69, 9.17) is 9.47 Å². The molecule has 0 spiro atoms. The van der Waals surface area contributed by atoms with Gasteiger partial charge in [-0.15, -0.1) is 0 Å². The molecule has 0 fully saturated rings. The van der Waals surface area contributed by atoms with Crippen LogP contribution in [0.15, 0.2) is 109 Å². The smallest absolute Gasteiger partial charge is 0.179 e. The van der Waals surface area contributed by atoms with Gasteiger partial charge in [-0.3, -0.25) is 9.69 Å².